The molecular weight excluding hydrogens is 270 g/mol. The molecule has 0 bridgehead atoms. The number of anilines is 2. The van der Waals surface area contributed by atoms with E-state index in [-0.39, 0.29) is 6.01 Å². The molecule has 0 aliphatic heterocycles. The van der Waals surface area contributed by atoms with Crippen LogP contribution in [0.3, 0.4) is 0 Å². The van der Waals surface area contributed by atoms with Crippen LogP contribution >= 0.6 is 0 Å². The van der Waals surface area contributed by atoms with Gasteiger partial charge < -0.3 is 20.5 Å². The molecule has 1 aliphatic rings. The number of hydrogen-bond acceptors (Lipinski definition) is 7. The molecule has 1 saturated carbocycles. The van der Waals surface area contributed by atoms with Crippen molar-refractivity contribution in [3.63, 3.8) is 0 Å². The van der Waals surface area contributed by atoms with Crippen LogP contribution in [0.2, 0.25) is 0 Å². The number of rotatable bonds is 6. The van der Waals surface area contributed by atoms with Crippen molar-refractivity contribution in [1.29, 1.82) is 0 Å². The second kappa shape index (κ2) is 7.40. The number of nitrogens with one attached hydrogen (secondary N) is 2. The molecule has 0 amide bonds. The fraction of sp³-hybridized carbons (Fsp3) is 0.786. The van der Waals surface area contributed by atoms with Crippen molar-refractivity contribution < 1.29 is 9.84 Å². The number of ether oxygens (including phenoxy) is 1. The van der Waals surface area contributed by atoms with E-state index >= 15 is 0 Å². The Balaban J connectivity index is 2.02. The van der Waals surface area contributed by atoms with Crippen LogP contribution in [-0.4, -0.2) is 45.9 Å². The molecule has 0 atom stereocenters. The fourth-order valence-corrected chi connectivity index (χ4v) is 2.55. The average molecular weight is 295 g/mol. The van der Waals surface area contributed by atoms with Crippen LogP contribution in [0.15, 0.2) is 0 Å². The predicted molar refractivity (Wildman–Crippen MR) is 81.7 cm³/mol. The van der Waals surface area contributed by atoms with Crippen molar-refractivity contribution in [2.24, 2.45) is 0 Å². The zero-order valence-corrected chi connectivity index (χ0v) is 12.9. The average Bonchev–Trinajstić information content (AvgIpc) is 2.71. The summed E-state index contributed by atoms with van der Waals surface area (Å²) < 4.78 is 5.32. The molecule has 2 rings (SSSR count). The van der Waals surface area contributed by atoms with Gasteiger partial charge in [-0.05, 0) is 19.8 Å². The van der Waals surface area contributed by atoms with E-state index in [9.17, 15) is 5.11 Å². The summed E-state index contributed by atoms with van der Waals surface area (Å²) >= 11 is 0. The van der Waals surface area contributed by atoms with Gasteiger partial charge in [-0.15, -0.1) is 0 Å². The molecular formula is C14H25N5O2. The fourth-order valence-electron chi connectivity index (χ4n) is 2.55. The van der Waals surface area contributed by atoms with E-state index in [0.717, 1.165) is 25.7 Å². The molecule has 7 nitrogen and oxygen atoms in total. The quantitative estimate of drug-likeness (QED) is 0.689. The number of aliphatic hydroxyl groups is 1. The van der Waals surface area contributed by atoms with E-state index < -0.39 is 5.60 Å². The van der Waals surface area contributed by atoms with Crippen LogP contribution in [0.1, 0.15) is 45.4 Å². The van der Waals surface area contributed by atoms with Gasteiger partial charge >= 0.3 is 6.01 Å². The summed E-state index contributed by atoms with van der Waals surface area (Å²) in [5.74, 6) is 0.874. The van der Waals surface area contributed by atoms with Crippen LogP contribution < -0.4 is 15.4 Å². The Morgan fingerprint density at radius 3 is 2.38 bits per heavy atom. The lowest BCUT2D eigenvalue weighted by atomic mass is 9.95. The van der Waals surface area contributed by atoms with Crippen LogP contribution in [0, 0.1) is 0 Å². The molecule has 0 radical (unpaired) electrons. The van der Waals surface area contributed by atoms with Gasteiger partial charge in [0.1, 0.15) is 0 Å². The predicted octanol–water partition coefficient (Wildman–Crippen LogP) is 1.81. The Kier molecular flexibility index (Phi) is 5.55. The van der Waals surface area contributed by atoms with Gasteiger partial charge in [0.05, 0.1) is 12.2 Å². The SMILES string of the molecule is CCOc1nc(NC)nc(NCC2(O)CCCCCC2)n1. The molecule has 0 spiro atoms. The van der Waals surface area contributed by atoms with E-state index in [1.807, 2.05) is 6.92 Å². The third-order valence-electron chi connectivity index (χ3n) is 3.72. The van der Waals surface area contributed by atoms with Crippen molar-refractivity contribution in [3.05, 3.63) is 0 Å². The highest BCUT2D eigenvalue weighted by Crippen LogP contribution is 2.27. The second-order valence-electron chi connectivity index (χ2n) is 5.44. The molecule has 118 valence electrons. The molecule has 21 heavy (non-hydrogen) atoms. The number of aromatic nitrogens is 3. The molecule has 1 heterocycles. The van der Waals surface area contributed by atoms with Gasteiger partial charge in [0.25, 0.3) is 0 Å². The maximum absolute atomic E-state index is 10.6. The van der Waals surface area contributed by atoms with Gasteiger partial charge in [-0.2, -0.15) is 15.0 Å². The van der Waals surface area contributed by atoms with Crippen LogP contribution in [0.25, 0.3) is 0 Å². The molecule has 0 unspecified atom stereocenters. The summed E-state index contributed by atoms with van der Waals surface area (Å²) in [6, 6.07) is 0.284. The van der Waals surface area contributed by atoms with Gasteiger partial charge in [0.15, 0.2) is 0 Å². The van der Waals surface area contributed by atoms with Crippen LogP contribution in [0.5, 0.6) is 6.01 Å². The van der Waals surface area contributed by atoms with Crippen LogP contribution in [0.4, 0.5) is 11.9 Å². The standard InChI is InChI=1S/C14H25N5O2/c1-3-21-13-18-11(15-2)17-12(19-13)16-10-14(20)8-6-4-5-7-9-14/h20H,3-10H2,1-2H3,(H2,15,16,17,18,19). The van der Waals surface area contributed by atoms with Gasteiger partial charge in [-0.25, -0.2) is 0 Å². The minimum atomic E-state index is -0.672. The molecule has 1 fully saturated rings. The first kappa shape index (κ1) is 15.8. The normalized spacial score (nSPS) is 17.9. The van der Waals surface area contributed by atoms with Crippen molar-refractivity contribution >= 4 is 11.9 Å². The molecule has 3 N–H and O–H groups in total. The number of hydrogen-bond donors (Lipinski definition) is 3. The lowest BCUT2D eigenvalue weighted by Gasteiger charge is -2.26. The Bertz CT molecular complexity index is 447. The minimum Gasteiger partial charge on any atom is -0.464 e. The third kappa shape index (κ3) is 4.70. The van der Waals surface area contributed by atoms with Crippen molar-refractivity contribution in [1.82, 2.24) is 15.0 Å². The maximum Gasteiger partial charge on any atom is 0.323 e. The van der Waals surface area contributed by atoms with Gasteiger partial charge in [-0.1, -0.05) is 25.7 Å². The molecule has 0 saturated heterocycles. The monoisotopic (exact) mass is 295 g/mol. The summed E-state index contributed by atoms with van der Waals surface area (Å²) in [5, 5.41) is 16.6. The Morgan fingerprint density at radius 2 is 1.76 bits per heavy atom. The summed E-state index contributed by atoms with van der Waals surface area (Å²) in [4.78, 5) is 12.6. The van der Waals surface area contributed by atoms with Crippen molar-refractivity contribution in [2.45, 2.75) is 51.0 Å². The third-order valence-corrected chi connectivity index (χ3v) is 3.72. The lowest BCUT2D eigenvalue weighted by Crippen LogP contribution is -2.36. The van der Waals surface area contributed by atoms with Crippen molar-refractivity contribution in [2.75, 3.05) is 30.8 Å². The Labute approximate surface area is 125 Å². The van der Waals surface area contributed by atoms with Crippen molar-refractivity contribution in [3.8, 4) is 6.01 Å². The first-order valence-corrected chi connectivity index (χ1v) is 7.68. The highest BCUT2D eigenvalue weighted by molar-refractivity contribution is 5.35. The van der Waals surface area contributed by atoms with Gasteiger partial charge in [0, 0.05) is 13.6 Å². The first-order chi connectivity index (χ1) is 10.1. The molecule has 1 aromatic rings. The Hall–Kier alpha value is -1.63. The zero-order chi connectivity index (χ0) is 15.1. The summed E-state index contributed by atoms with van der Waals surface area (Å²) in [6.07, 6.45) is 6.19. The van der Waals surface area contributed by atoms with E-state index in [4.69, 9.17) is 4.74 Å². The topological polar surface area (TPSA) is 92.2 Å². The molecule has 1 aromatic heterocycles. The summed E-state index contributed by atoms with van der Waals surface area (Å²) in [5.41, 5.74) is -0.672. The largest absolute Gasteiger partial charge is 0.464 e. The maximum atomic E-state index is 10.6. The van der Waals surface area contributed by atoms with Crippen LogP contribution in [-0.2, 0) is 0 Å². The van der Waals surface area contributed by atoms with E-state index in [0.29, 0.717) is 25.0 Å². The minimum absolute atomic E-state index is 0.284. The smallest absolute Gasteiger partial charge is 0.323 e. The lowest BCUT2D eigenvalue weighted by molar-refractivity contribution is 0.0379. The molecule has 7 heteroatoms. The van der Waals surface area contributed by atoms with Gasteiger partial charge in [-0.3, -0.25) is 0 Å². The highest BCUT2D eigenvalue weighted by Gasteiger charge is 2.28. The highest BCUT2D eigenvalue weighted by atomic mass is 16.5. The first-order valence-electron chi connectivity index (χ1n) is 7.68. The van der Waals surface area contributed by atoms with E-state index in [2.05, 4.69) is 25.6 Å². The van der Waals surface area contributed by atoms with Gasteiger partial charge in [0.2, 0.25) is 11.9 Å². The zero-order valence-electron chi connectivity index (χ0n) is 12.9. The Morgan fingerprint density at radius 1 is 1.10 bits per heavy atom. The second-order valence-corrected chi connectivity index (χ2v) is 5.44. The number of nitrogens with zero attached hydrogens (tertiary/aromatic N) is 3. The molecule has 1 aliphatic carbocycles. The van der Waals surface area contributed by atoms with E-state index in [1.54, 1.807) is 7.05 Å². The van der Waals surface area contributed by atoms with E-state index in [1.165, 1.54) is 12.8 Å². The summed E-state index contributed by atoms with van der Waals surface area (Å²) in [7, 11) is 1.74. The summed E-state index contributed by atoms with van der Waals surface area (Å²) in [6.45, 7) is 2.83. The molecule has 0 aromatic carbocycles.